The molecule has 9 heteroatoms. The number of aromatic nitrogens is 3. The Bertz CT molecular complexity index is 1470. The Morgan fingerprint density at radius 2 is 2.06 bits per heavy atom. The maximum Gasteiger partial charge on any atom is 0.391 e. The first-order chi connectivity index (χ1) is 15.9. The molecule has 0 unspecified atom stereocenters. The largest absolute Gasteiger partial charge is 0.391 e. The lowest BCUT2D eigenvalue weighted by Crippen LogP contribution is -2.16. The molecule has 3 aromatic heterocycles. The van der Waals surface area contributed by atoms with Crippen molar-refractivity contribution in [2.45, 2.75) is 20.3 Å². The quantitative estimate of drug-likeness (QED) is 0.466. The number of carbonyl (C=O) groups excluding carboxylic acids is 2. The first-order valence-corrected chi connectivity index (χ1v) is 10.4. The molecule has 8 nitrogen and oxygen atoms in total. The van der Waals surface area contributed by atoms with Gasteiger partial charge in [0, 0.05) is 29.2 Å². The summed E-state index contributed by atoms with van der Waals surface area (Å²) in [6, 6.07) is 4.75. The van der Waals surface area contributed by atoms with Crippen LogP contribution in [-0.2, 0) is 4.79 Å². The fourth-order valence-corrected chi connectivity index (χ4v) is 3.98. The third kappa shape index (κ3) is 3.43. The van der Waals surface area contributed by atoms with Crippen LogP contribution >= 0.6 is 0 Å². The summed E-state index contributed by atoms with van der Waals surface area (Å²) in [6.07, 6.45) is 10.6. The van der Waals surface area contributed by atoms with E-state index < -0.39 is 11.9 Å². The molecule has 3 N–H and O–H groups in total. The summed E-state index contributed by atoms with van der Waals surface area (Å²) >= 11 is 0. The predicted molar refractivity (Wildman–Crippen MR) is 121 cm³/mol. The lowest BCUT2D eigenvalue weighted by atomic mass is 10.1. The van der Waals surface area contributed by atoms with Crippen molar-refractivity contribution < 1.29 is 18.6 Å². The van der Waals surface area contributed by atoms with Gasteiger partial charge in [0.1, 0.15) is 0 Å². The first-order valence-electron chi connectivity index (χ1n) is 10.4. The smallest absolute Gasteiger partial charge is 0.365 e. The van der Waals surface area contributed by atoms with Crippen LogP contribution in [0.15, 0.2) is 71.5 Å². The number of nitrogens with zero attached hydrogens (tertiary/aromatic N) is 4. The maximum atomic E-state index is 13.2. The van der Waals surface area contributed by atoms with Gasteiger partial charge >= 0.3 is 5.91 Å². The van der Waals surface area contributed by atoms with Gasteiger partial charge < -0.3 is 11.1 Å². The lowest BCUT2D eigenvalue weighted by Gasteiger charge is -2.12. The minimum Gasteiger partial charge on any atom is -0.365 e. The molecule has 33 heavy (non-hydrogen) atoms. The van der Waals surface area contributed by atoms with Crippen LogP contribution in [0.2, 0.25) is 0 Å². The van der Waals surface area contributed by atoms with E-state index in [1.807, 2.05) is 32.2 Å². The van der Waals surface area contributed by atoms with Gasteiger partial charge in [-0.25, -0.2) is 14.3 Å². The highest BCUT2D eigenvalue weighted by atomic mass is 19.1. The van der Waals surface area contributed by atoms with E-state index in [1.54, 1.807) is 27.6 Å². The van der Waals surface area contributed by atoms with E-state index in [0.29, 0.717) is 23.2 Å². The molecule has 0 spiro atoms. The summed E-state index contributed by atoms with van der Waals surface area (Å²) in [5, 5.41) is 7.65. The zero-order valence-electron chi connectivity index (χ0n) is 18.0. The summed E-state index contributed by atoms with van der Waals surface area (Å²) in [7, 11) is 0. The minimum absolute atomic E-state index is 0.0166. The van der Waals surface area contributed by atoms with Crippen LogP contribution in [-0.4, -0.2) is 37.2 Å². The zero-order valence-corrected chi connectivity index (χ0v) is 18.0. The van der Waals surface area contributed by atoms with Crippen LogP contribution in [0.1, 0.15) is 30.6 Å². The molecule has 0 bridgehead atoms. The molecule has 0 aromatic carbocycles. The van der Waals surface area contributed by atoms with Crippen LogP contribution in [0, 0.1) is 5.95 Å². The van der Waals surface area contributed by atoms with Crippen molar-refractivity contribution in [3.8, 4) is 11.1 Å². The molecule has 3 aromatic rings. The van der Waals surface area contributed by atoms with Gasteiger partial charge in [-0.2, -0.15) is 9.49 Å². The zero-order chi connectivity index (χ0) is 23.3. The van der Waals surface area contributed by atoms with E-state index in [9.17, 15) is 14.0 Å². The molecule has 5 rings (SSSR count). The molecule has 1 aliphatic carbocycles. The Balaban J connectivity index is 1.57. The number of rotatable bonds is 5. The number of fused-ring (bicyclic) bond motifs is 2. The Morgan fingerprint density at radius 3 is 2.73 bits per heavy atom. The van der Waals surface area contributed by atoms with Gasteiger partial charge in [0.05, 0.1) is 40.5 Å². The number of carbonyl (C=O) groups is 2. The second-order valence-electron chi connectivity index (χ2n) is 7.82. The number of hydrogen-bond donors (Lipinski definition) is 2. The second kappa shape index (κ2) is 7.63. The fraction of sp³-hybridized carbons (Fsp3) is 0.125. The topological polar surface area (TPSA) is 105 Å². The molecular formula is C24H20FN6O2+. The van der Waals surface area contributed by atoms with E-state index in [4.69, 9.17) is 5.73 Å². The molecule has 1 aliphatic heterocycles. The fourth-order valence-electron chi connectivity index (χ4n) is 3.98. The number of amides is 2. The van der Waals surface area contributed by atoms with Crippen LogP contribution in [0.3, 0.4) is 0 Å². The van der Waals surface area contributed by atoms with Crippen molar-refractivity contribution in [2.75, 3.05) is 5.32 Å². The molecule has 0 fully saturated rings. The number of pyridine rings is 1. The number of allylic oxidation sites excluding steroid dienone is 4. The number of halogens is 1. The number of nitrogens with two attached hydrogens (primary N) is 1. The average molecular weight is 443 g/mol. The highest BCUT2D eigenvalue weighted by Gasteiger charge is 2.31. The van der Waals surface area contributed by atoms with Gasteiger partial charge in [0.2, 0.25) is 5.95 Å². The van der Waals surface area contributed by atoms with E-state index in [2.05, 4.69) is 15.4 Å². The highest BCUT2D eigenvalue weighted by Crippen LogP contribution is 2.35. The Hall–Kier alpha value is -4.40. The first kappa shape index (κ1) is 20.5. The molecule has 0 saturated heterocycles. The van der Waals surface area contributed by atoms with Gasteiger partial charge in [-0.1, -0.05) is 6.92 Å². The van der Waals surface area contributed by atoms with Crippen LogP contribution < -0.4 is 11.1 Å². The van der Waals surface area contributed by atoms with E-state index in [1.165, 1.54) is 18.5 Å². The number of anilines is 1. The number of hydrogen-bond acceptors (Lipinski definition) is 5. The van der Waals surface area contributed by atoms with Gasteiger partial charge in [-0.05, 0) is 36.8 Å². The molecule has 0 atom stereocenters. The average Bonchev–Trinajstić information content (AvgIpc) is 3.49. The second-order valence-corrected chi connectivity index (χ2v) is 7.82. The van der Waals surface area contributed by atoms with Gasteiger partial charge in [0.15, 0.2) is 12.4 Å². The standard InChI is InChI=1S/C24H19FN6O2/c1-3-22(32)30-10-16-6-19(13(2)18(16)12-30)29-23-17(24(26)33)9-28-31-11-15(7-20(23)31)14-4-5-21(25)27-8-14/h4-12H,3H2,1-2H3,(H2-,26,28,29,33)/p+1. The molecule has 0 radical (unpaired) electrons. The summed E-state index contributed by atoms with van der Waals surface area (Å²) in [6.45, 7) is 3.77. The molecule has 4 heterocycles. The molecule has 164 valence electrons. The predicted octanol–water partition coefficient (Wildman–Crippen LogP) is 3.18. The van der Waals surface area contributed by atoms with E-state index >= 15 is 0 Å². The van der Waals surface area contributed by atoms with Crippen molar-refractivity contribution in [3.63, 3.8) is 0 Å². The lowest BCUT2D eigenvalue weighted by molar-refractivity contribution is -0.374. The van der Waals surface area contributed by atoms with Crippen LogP contribution in [0.25, 0.3) is 16.6 Å². The van der Waals surface area contributed by atoms with E-state index in [-0.39, 0.29) is 11.5 Å². The monoisotopic (exact) mass is 443 g/mol. The van der Waals surface area contributed by atoms with Crippen molar-refractivity contribution in [1.82, 2.24) is 14.6 Å². The number of primary amides is 1. The molecular weight excluding hydrogens is 423 g/mol. The summed E-state index contributed by atoms with van der Waals surface area (Å²) in [5.74, 6) is -1.16. The summed E-state index contributed by atoms with van der Waals surface area (Å²) in [4.78, 5) is 27.9. The molecule has 2 aliphatic rings. The minimum atomic E-state index is -0.617. The molecule has 2 amide bonds. The van der Waals surface area contributed by atoms with Crippen molar-refractivity contribution in [3.05, 3.63) is 83.0 Å². The van der Waals surface area contributed by atoms with Crippen LogP contribution in [0.5, 0.6) is 0 Å². The van der Waals surface area contributed by atoms with Gasteiger partial charge in [-0.15, -0.1) is 4.58 Å². The van der Waals surface area contributed by atoms with Crippen molar-refractivity contribution in [1.29, 1.82) is 0 Å². The Morgan fingerprint density at radius 1 is 1.24 bits per heavy atom. The third-order valence-electron chi connectivity index (χ3n) is 5.78. The third-order valence-corrected chi connectivity index (χ3v) is 5.78. The van der Waals surface area contributed by atoms with E-state index in [0.717, 1.165) is 28.0 Å². The summed E-state index contributed by atoms with van der Waals surface area (Å²) < 4.78 is 16.5. The SMILES string of the molecule is CCC(=O)[N+]1=CC2=CC(Nc3c(C(N)=O)cnn4cc(-c5ccc(F)nc5)cc34)=C(C)C2=C1. The van der Waals surface area contributed by atoms with Crippen LogP contribution in [0.4, 0.5) is 10.1 Å². The highest BCUT2D eigenvalue weighted by molar-refractivity contribution is 6.03. The van der Waals surface area contributed by atoms with Gasteiger partial charge in [-0.3, -0.25) is 4.79 Å². The maximum absolute atomic E-state index is 13.2. The summed E-state index contributed by atoms with van der Waals surface area (Å²) in [5.41, 5.74) is 12.1. The van der Waals surface area contributed by atoms with Gasteiger partial charge in [0.25, 0.3) is 5.91 Å². The number of nitrogens with one attached hydrogen (secondary N) is 1. The molecule has 0 saturated carbocycles. The normalized spacial score (nSPS) is 14.8. The Labute approximate surface area is 188 Å². The Kier molecular flexibility index (Phi) is 4.74. The van der Waals surface area contributed by atoms with Crippen molar-refractivity contribution in [2.24, 2.45) is 5.73 Å². The van der Waals surface area contributed by atoms with Crippen molar-refractivity contribution >= 4 is 29.2 Å².